The summed E-state index contributed by atoms with van der Waals surface area (Å²) in [6, 6.07) is 22.3. The third kappa shape index (κ3) is 4.82. The summed E-state index contributed by atoms with van der Waals surface area (Å²) in [5, 5.41) is 9.81. The van der Waals surface area contributed by atoms with Gasteiger partial charge in [0.05, 0.1) is 17.4 Å². The molecule has 2 N–H and O–H groups in total. The maximum Gasteiger partial charge on any atom is 0.261 e. The molecule has 0 saturated carbocycles. The maximum absolute atomic E-state index is 14.2. The number of amides is 2. The minimum Gasteiger partial charge on any atom is -0.322 e. The second kappa shape index (κ2) is 9.48. The lowest BCUT2D eigenvalue weighted by Gasteiger charge is -2.12. The molecule has 1 heterocycles. The van der Waals surface area contributed by atoms with Crippen LogP contribution in [0, 0.1) is 5.82 Å². The van der Waals surface area contributed by atoms with Crippen LogP contribution in [-0.4, -0.2) is 21.6 Å². The first-order chi connectivity index (χ1) is 15.9. The van der Waals surface area contributed by atoms with Crippen molar-refractivity contribution in [2.75, 3.05) is 10.6 Å². The SMILES string of the molecule is CC(C)c1ccc(NC(=O)c2cnn(-c3ccccc3)c2NC(=O)c2ccccc2F)cc1. The highest BCUT2D eigenvalue weighted by Gasteiger charge is 2.22. The van der Waals surface area contributed by atoms with Gasteiger partial charge in [-0.15, -0.1) is 0 Å². The first-order valence-corrected chi connectivity index (χ1v) is 10.5. The molecule has 4 rings (SSSR count). The van der Waals surface area contributed by atoms with Crippen LogP contribution < -0.4 is 10.6 Å². The zero-order chi connectivity index (χ0) is 23.4. The fourth-order valence-electron chi connectivity index (χ4n) is 3.37. The van der Waals surface area contributed by atoms with Crippen molar-refractivity contribution >= 4 is 23.3 Å². The molecule has 33 heavy (non-hydrogen) atoms. The largest absolute Gasteiger partial charge is 0.322 e. The van der Waals surface area contributed by atoms with E-state index in [9.17, 15) is 14.0 Å². The van der Waals surface area contributed by atoms with E-state index in [4.69, 9.17) is 0 Å². The normalized spacial score (nSPS) is 10.8. The van der Waals surface area contributed by atoms with Crippen molar-refractivity contribution in [2.24, 2.45) is 0 Å². The van der Waals surface area contributed by atoms with Gasteiger partial charge in [-0.25, -0.2) is 9.07 Å². The van der Waals surface area contributed by atoms with Crippen LogP contribution in [-0.2, 0) is 0 Å². The van der Waals surface area contributed by atoms with Crippen LogP contribution in [0.4, 0.5) is 15.9 Å². The predicted molar refractivity (Wildman–Crippen MR) is 126 cm³/mol. The van der Waals surface area contributed by atoms with Gasteiger partial charge in [-0.3, -0.25) is 9.59 Å². The summed E-state index contributed by atoms with van der Waals surface area (Å²) in [5.74, 6) is -1.26. The van der Waals surface area contributed by atoms with E-state index in [-0.39, 0.29) is 16.9 Å². The van der Waals surface area contributed by atoms with Crippen molar-refractivity contribution in [1.82, 2.24) is 9.78 Å². The fourth-order valence-corrected chi connectivity index (χ4v) is 3.37. The number of hydrogen-bond acceptors (Lipinski definition) is 3. The van der Waals surface area contributed by atoms with Gasteiger partial charge in [-0.1, -0.05) is 56.3 Å². The number of hydrogen-bond donors (Lipinski definition) is 2. The second-order valence-corrected chi connectivity index (χ2v) is 7.82. The standard InChI is InChI=1S/C26H23FN4O2/c1-17(2)18-12-14-19(15-13-18)29-26(33)22-16-28-31(20-8-4-3-5-9-20)24(22)30-25(32)21-10-6-7-11-23(21)27/h3-17H,1-2H3,(H,29,33)(H,30,32). The molecular weight excluding hydrogens is 419 g/mol. The molecule has 4 aromatic rings. The molecule has 6 nitrogen and oxygen atoms in total. The molecule has 0 fully saturated rings. The van der Waals surface area contributed by atoms with Gasteiger partial charge in [-0.2, -0.15) is 5.10 Å². The summed E-state index contributed by atoms with van der Waals surface area (Å²) in [7, 11) is 0. The Labute approximate surface area is 191 Å². The zero-order valence-electron chi connectivity index (χ0n) is 18.2. The van der Waals surface area contributed by atoms with Gasteiger partial charge in [0.1, 0.15) is 17.2 Å². The Morgan fingerprint density at radius 1 is 0.818 bits per heavy atom. The molecule has 0 aliphatic heterocycles. The van der Waals surface area contributed by atoms with E-state index in [0.29, 0.717) is 17.3 Å². The van der Waals surface area contributed by atoms with Crippen molar-refractivity contribution in [2.45, 2.75) is 19.8 Å². The molecule has 0 saturated heterocycles. The fraction of sp³-hybridized carbons (Fsp3) is 0.115. The van der Waals surface area contributed by atoms with Crippen LogP contribution >= 0.6 is 0 Å². The molecule has 7 heteroatoms. The van der Waals surface area contributed by atoms with Crippen LogP contribution in [0.2, 0.25) is 0 Å². The van der Waals surface area contributed by atoms with Gasteiger partial charge in [0, 0.05) is 5.69 Å². The van der Waals surface area contributed by atoms with E-state index in [1.807, 2.05) is 42.5 Å². The summed E-state index contributed by atoms with van der Waals surface area (Å²) in [5.41, 5.74) is 2.43. The van der Waals surface area contributed by atoms with Crippen LogP contribution in [0.25, 0.3) is 5.69 Å². The Balaban J connectivity index is 1.67. The highest BCUT2D eigenvalue weighted by molar-refractivity contribution is 6.12. The Morgan fingerprint density at radius 3 is 2.12 bits per heavy atom. The van der Waals surface area contributed by atoms with Crippen LogP contribution in [0.15, 0.2) is 85.1 Å². The maximum atomic E-state index is 14.2. The Hall–Kier alpha value is -4.26. The van der Waals surface area contributed by atoms with Crippen molar-refractivity contribution in [1.29, 1.82) is 0 Å². The molecule has 0 atom stereocenters. The number of nitrogens with one attached hydrogen (secondary N) is 2. The Morgan fingerprint density at radius 2 is 1.45 bits per heavy atom. The number of para-hydroxylation sites is 1. The molecule has 166 valence electrons. The van der Waals surface area contributed by atoms with Crippen molar-refractivity contribution in [3.8, 4) is 5.69 Å². The highest BCUT2D eigenvalue weighted by Crippen LogP contribution is 2.24. The highest BCUT2D eigenvalue weighted by atomic mass is 19.1. The van der Waals surface area contributed by atoms with Crippen molar-refractivity contribution in [3.63, 3.8) is 0 Å². The number of halogens is 1. The van der Waals surface area contributed by atoms with Crippen molar-refractivity contribution in [3.05, 3.63) is 108 Å². The number of benzene rings is 3. The molecule has 0 bridgehead atoms. The van der Waals surface area contributed by atoms with Gasteiger partial charge >= 0.3 is 0 Å². The summed E-state index contributed by atoms with van der Waals surface area (Å²) >= 11 is 0. The molecule has 3 aromatic carbocycles. The number of nitrogens with zero attached hydrogens (tertiary/aromatic N) is 2. The lowest BCUT2D eigenvalue weighted by molar-refractivity contribution is 0.102. The lowest BCUT2D eigenvalue weighted by Crippen LogP contribution is -2.20. The summed E-state index contributed by atoms with van der Waals surface area (Å²) in [4.78, 5) is 25.9. The second-order valence-electron chi connectivity index (χ2n) is 7.82. The van der Waals surface area contributed by atoms with Crippen LogP contribution in [0.1, 0.15) is 46.0 Å². The van der Waals surface area contributed by atoms with E-state index in [2.05, 4.69) is 29.6 Å². The molecule has 0 spiro atoms. The number of aromatic nitrogens is 2. The Kier molecular flexibility index (Phi) is 6.31. The van der Waals surface area contributed by atoms with Gasteiger partial charge in [0.25, 0.3) is 11.8 Å². The monoisotopic (exact) mass is 442 g/mol. The summed E-state index contributed by atoms with van der Waals surface area (Å²) in [6.45, 7) is 4.19. The lowest BCUT2D eigenvalue weighted by atomic mass is 10.0. The van der Waals surface area contributed by atoms with Crippen LogP contribution in [0.5, 0.6) is 0 Å². The zero-order valence-corrected chi connectivity index (χ0v) is 18.2. The third-order valence-electron chi connectivity index (χ3n) is 5.20. The molecular formula is C26H23FN4O2. The molecule has 0 aliphatic carbocycles. The Bertz CT molecular complexity index is 1280. The molecule has 1 aromatic heterocycles. The summed E-state index contributed by atoms with van der Waals surface area (Å²) in [6.07, 6.45) is 1.38. The number of rotatable bonds is 6. The van der Waals surface area contributed by atoms with Gasteiger partial charge in [-0.05, 0) is 47.9 Å². The minimum atomic E-state index is -0.680. The average molecular weight is 442 g/mol. The van der Waals surface area contributed by atoms with E-state index >= 15 is 0 Å². The number of anilines is 2. The molecule has 0 aliphatic rings. The van der Waals surface area contributed by atoms with Gasteiger partial charge in [0.15, 0.2) is 0 Å². The van der Waals surface area contributed by atoms with E-state index < -0.39 is 17.6 Å². The molecule has 0 radical (unpaired) electrons. The third-order valence-corrected chi connectivity index (χ3v) is 5.20. The number of carbonyl (C=O) groups excluding carboxylic acids is 2. The minimum absolute atomic E-state index is 0.131. The first kappa shape index (κ1) is 22.0. The molecule has 2 amide bonds. The average Bonchev–Trinajstić information content (AvgIpc) is 3.23. The quantitative estimate of drug-likeness (QED) is 0.406. The van der Waals surface area contributed by atoms with Crippen LogP contribution in [0.3, 0.4) is 0 Å². The summed E-state index contributed by atoms with van der Waals surface area (Å²) < 4.78 is 15.6. The topological polar surface area (TPSA) is 76.0 Å². The van der Waals surface area contributed by atoms with E-state index in [1.54, 1.807) is 18.2 Å². The first-order valence-electron chi connectivity index (χ1n) is 10.5. The van der Waals surface area contributed by atoms with Gasteiger partial charge in [0.2, 0.25) is 0 Å². The predicted octanol–water partition coefficient (Wildman–Crippen LogP) is 5.64. The van der Waals surface area contributed by atoms with Crippen molar-refractivity contribution < 1.29 is 14.0 Å². The van der Waals surface area contributed by atoms with Gasteiger partial charge < -0.3 is 10.6 Å². The van der Waals surface area contributed by atoms with E-state index in [0.717, 1.165) is 5.56 Å². The smallest absolute Gasteiger partial charge is 0.261 e. The number of carbonyl (C=O) groups is 2. The molecule has 0 unspecified atom stereocenters. The van der Waals surface area contributed by atoms with E-state index in [1.165, 1.54) is 29.1 Å².